The molecular formula is C33H30N4O8. The number of benzene rings is 4. The maximum Gasteiger partial charge on any atom is 0.407 e. The second-order valence-corrected chi connectivity index (χ2v) is 10.8. The molecule has 12 heteroatoms. The van der Waals surface area contributed by atoms with Gasteiger partial charge in [0.15, 0.2) is 17.3 Å². The highest BCUT2D eigenvalue weighted by atomic mass is 16.6. The third-order valence-corrected chi connectivity index (χ3v) is 7.91. The van der Waals surface area contributed by atoms with Crippen LogP contribution in [0, 0.1) is 0 Å². The summed E-state index contributed by atoms with van der Waals surface area (Å²) in [5.41, 5.74) is 0.788. The number of carbonyl (C=O) groups excluding carboxylic acids is 1. The minimum atomic E-state index is -0.899. The lowest BCUT2D eigenvalue weighted by atomic mass is 9.98. The van der Waals surface area contributed by atoms with Gasteiger partial charge >= 0.3 is 11.8 Å². The van der Waals surface area contributed by atoms with Gasteiger partial charge < -0.3 is 39.8 Å². The molecule has 3 heterocycles. The highest BCUT2D eigenvalue weighted by Gasteiger charge is 2.36. The van der Waals surface area contributed by atoms with Crippen molar-refractivity contribution in [3.05, 3.63) is 95.0 Å². The van der Waals surface area contributed by atoms with Crippen molar-refractivity contribution in [2.45, 2.75) is 31.5 Å². The van der Waals surface area contributed by atoms with Crippen LogP contribution in [0.4, 0.5) is 16.3 Å². The van der Waals surface area contributed by atoms with Crippen LogP contribution in [-0.4, -0.2) is 57.8 Å². The number of hydrogen-bond acceptors (Lipinski definition) is 10. The van der Waals surface area contributed by atoms with Crippen LogP contribution < -0.4 is 25.8 Å². The first kappa shape index (κ1) is 28.6. The highest BCUT2D eigenvalue weighted by molar-refractivity contribution is 6.08. The van der Waals surface area contributed by atoms with Crippen LogP contribution in [0.5, 0.6) is 17.2 Å². The van der Waals surface area contributed by atoms with E-state index >= 15 is 0 Å². The molecule has 2 aliphatic rings. The van der Waals surface area contributed by atoms with Gasteiger partial charge in [-0.3, -0.25) is 4.57 Å². The van der Waals surface area contributed by atoms with Crippen LogP contribution in [0.15, 0.2) is 83.8 Å². The first-order chi connectivity index (χ1) is 22.0. The molecule has 5 aromatic rings. The van der Waals surface area contributed by atoms with Gasteiger partial charge in [0.25, 0.3) is 0 Å². The van der Waals surface area contributed by atoms with Crippen molar-refractivity contribution in [1.29, 1.82) is 0 Å². The second-order valence-electron chi connectivity index (χ2n) is 10.8. The van der Waals surface area contributed by atoms with E-state index < -0.39 is 30.2 Å². The van der Waals surface area contributed by atoms with Crippen molar-refractivity contribution in [2.75, 3.05) is 25.1 Å². The van der Waals surface area contributed by atoms with Crippen LogP contribution >= 0.6 is 0 Å². The van der Waals surface area contributed by atoms with E-state index in [9.17, 15) is 19.8 Å². The van der Waals surface area contributed by atoms with Gasteiger partial charge in [-0.1, -0.05) is 54.6 Å². The largest absolute Gasteiger partial charge is 0.489 e. The molecule has 3 atom stereocenters. The molecule has 1 amide bonds. The zero-order valence-corrected chi connectivity index (χ0v) is 24.0. The van der Waals surface area contributed by atoms with Gasteiger partial charge in [0.2, 0.25) is 0 Å². The third kappa shape index (κ3) is 5.62. The molecule has 7 rings (SSSR count). The number of fused-ring (bicyclic) bond motifs is 5. The molecule has 1 saturated heterocycles. The van der Waals surface area contributed by atoms with Gasteiger partial charge in [-0.05, 0) is 45.3 Å². The Morgan fingerprint density at radius 3 is 2.67 bits per heavy atom. The van der Waals surface area contributed by atoms with Gasteiger partial charge in [-0.15, -0.1) is 0 Å². The summed E-state index contributed by atoms with van der Waals surface area (Å²) in [5, 5.41) is 29.6. The fourth-order valence-corrected chi connectivity index (χ4v) is 5.71. The number of ether oxygens (including phenoxy) is 4. The molecule has 4 N–H and O–H groups in total. The Balaban J connectivity index is 0.959. The predicted molar refractivity (Wildman–Crippen MR) is 165 cm³/mol. The SMILES string of the molecule is O=C(NCCOc1cccc2c1Nc1nc(=O)n([C@H]3C[C@@H](O)[C@@H](CO)O3)cc1O2)OCc1cc2ccccc2c2ccccc12. The Hall–Kier alpha value is -5.17. The fraction of sp³-hybridized carbons (Fsp3) is 0.242. The highest BCUT2D eigenvalue weighted by Crippen LogP contribution is 2.45. The molecule has 0 aliphatic carbocycles. The van der Waals surface area contributed by atoms with Crippen molar-refractivity contribution in [3.63, 3.8) is 0 Å². The standard InChI is InChI=1S/C33H30N4O8/c38-17-28-24(39)15-29(45-28)37-16-27-31(36-32(37)40)35-30-25(10-5-11-26(30)44-27)42-13-12-34-33(41)43-18-20-14-19-6-1-2-7-21(19)23-9-4-3-8-22(20)23/h1-11,14,16,24,28-29,38-39H,12-13,15,17-18H2,(H,34,41)(H,35,36,40)/t24-,28-,29-/m1/s1. The lowest BCUT2D eigenvalue weighted by molar-refractivity contribution is -0.0459. The van der Waals surface area contributed by atoms with E-state index in [1.165, 1.54) is 10.8 Å². The van der Waals surface area contributed by atoms with Gasteiger partial charge in [-0.2, -0.15) is 4.98 Å². The van der Waals surface area contributed by atoms with Crippen molar-refractivity contribution in [1.82, 2.24) is 14.9 Å². The van der Waals surface area contributed by atoms with Gasteiger partial charge in [0.05, 0.1) is 25.5 Å². The number of alkyl carbamates (subject to hydrolysis) is 1. The molecule has 12 nitrogen and oxygen atoms in total. The smallest absolute Gasteiger partial charge is 0.407 e. The molecule has 1 aromatic heterocycles. The summed E-state index contributed by atoms with van der Waals surface area (Å²) >= 11 is 0. The summed E-state index contributed by atoms with van der Waals surface area (Å²) < 4.78 is 24.3. The number of aliphatic hydroxyl groups is 2. The number of hydrogen-bond donors (Lipinski definition) is 4. The minimum absolute atomic E-state index is 0.120. The first-order valence-electron chi connectivity index (χ1n) is 14.6. The van der Waals surface area contributed by atoms with Crippen molar-refractivity contribution in [3.8, 4) is 17.2 Å². The summed E-state index contributed by atoms with van der Waals surface area (Å²) in [7, 11) is 0. The predicted octanol–water partition coefficient (Wildman–Crippen LogP) is 4.34. The van der Waals surface area contributed by atoms with Crippen LogP contribution in [0.2, 0.25) is 0 Å². The number of aromatic nitrogens is 2. The first-order valence-corrected chi connectivity index (χ1v) is 14.6. The van der Waals surface area contributed by atoms with E-state index in [2.05, 4.69) is 27.8 Å². The van der Waals surface area contributed by atoms with Crippen molar-refractivity contribution < 1.29 is 34.0 Å². The van der Waals surface area contributed by atoms with Crippen LogP contribution in [-0.2, 0) is 16.1 Å². The maximum atomic E-state index is 12.8. The van der Waals surface area contributed by atoms with Gasteiger partial charge in [0, 0.05) is 6.42 Å². The molecule has 0 spiro atoms. The minimum Gasteiger partial charge on any atom is -0.489 e. The monoisotopic (exact) mass is 610 g/mol. The van der Waals surface area contributed by atoms with Gasteiger partial charge in [0.1, 0.15) is 37.0 Å². The Morgan fingerprint density at radius 1 is 1.04 bits per heavy atom. The summed E-state index contributed by atoms with van der Waals surface area (Å²) in [5.74, 6) is 1.37. The fourth-order valence-electron chi connectivity index (χ4n) is 5.71. The van der Waals surface area contributed by atoms with Gasteiger partial charge in [-0.25, -0.2) is 9.59 Å². The van der Waals surface area contributed by atoms with E-state index in [-0.39, 0.29) is 44.4 Å². The molecule has 0 unspecified atom stereocenters. The molecule has 0 saturated carbocycles. The van der Waals surface area contributed by atoms with E-state index in [4.69, 9.17) is 18.9 Å². The number of anilines is 2. The molecule has 0 bridgehead atoms. The zero-order valence-electron chi connectivity index (χ0n) is 24.0. The third-order valence-electron chi connectivity index (χ3n) is 7.91. The quantitative estimate of drug-likeness (QED) is 0.145. The topological polar surface area (TPSA) is 153 Å². The van der Waals surface area contributed by atoms with E-state index in [0.29, 0.717) is 17.2 Å². The Labute approximate surface area is 256 Å². The maximum absolute atomic E-state index is 12.8. The normalized spacial score (nSPS) is 18.5. The number of para-hydroxylation sites is 1. The molecule has 230 valence electrons. The molecule has 4 aromatic carbocycles. The zero-order chi connectivity index (χ0) is 30.9. The van der Waals surface area contributed by atoms with E-state index in [1.807, 2.05) is 42.5 Å². The Bertz CT molecular complexity index is 1960. The van der Waals surface area contributed by atoms with Crippen LogP contribution in [0.3, 0.4) is 0 Å². The average molecular weight is 611 g/mol. The van der Waals surface area contributed by atoms with Crippen LogP contribution in [0.25, 0.3) is 21.5 Å². The molecule has 2 aliphatic heterocycles. The van der Waals surface area contributed by atoms with Crippen molar-refractivity contribution in [2.24, 2.45) is 0 Å². The molecule has 0 radical (unpaired) electrons. The number of nitrogens with zero attached hydrogens (tertiary/aromatic N) is 2. The number of carbonyl (C=O) groups is 1. The number of rotatable bonds is 8. The number of aliphatic hydroxyl groups excluding tert-OH is 2. The number of amides is 1. The lowest BCUT2D eigenvalue weighted by Gasteiger charge is -2.24. The lowest BCUT2D eigenvalue weighted by Crippen LogP contribution is -2.29. The number of nitrogens with one attached hydrogen (secondary N) is 2. The van der Waals surface area contributed by atoms with Crippen LogP contribution in [0.1, 0.15) is 18.2 Å². The summed E-state index contributed by atoms with van der Waals surface area (Å²) in [6, 6.07) is 23.4. The van der Waals surface area contributed by atoms with Crippen molar-refractivity contribution >= 4 is 39.1 Å². The summed E-state index contributed by atoms with van der Waals surface area (Å²) in [4.78, 5) is 29.4. The molecular weight excluding hydrogens is 580 g/mol. The molecule has 45 heavy (non-hydrogen) atoms. The Kier molecular flexibility index (Phi) is 7.67. The Morgan fingerprint density at radius 2 is 1.84 bits per heavy atom. The van der Waals surface area contributed by atoms with E-state index in [0.717, 1.165) is 27.1 Å². The average Bonchev–Trinajstić information content (AvgIpc) is 3.44. The summed E-state index contributed by atoms with van der Waals surface area (Å²) in [6.45, 7) is 0.0817. The second kappa shape index (κ2) is 12.1. The summed E-state index contributed by atoms with van der Waals surface area (Å²) in [6.07, 6.45) is -1.43. The molecule has 1 fully saturated rings. The van der Waals surface area contributed by atoms with E-state index in [1.54, 1.807) is 18.2 Å².